The first-order valence-corrected chi connectivity index (χ1v) is 8.08. The number of ketones is 1. The Bertz CT molecular complexity index is 748. The Labute approximate surface area is 140 Å². The van der Waals surface area contributed by atoms with E-state index in [-0.39, 0.29) is 11.7 Å². The summed E-state index contributed by atoms with van der Waals surface area (Å²) in [6.45, 7) is 1.50. The predicted octanol–water partition coefficient (Wildman–Crippen LogP) is 4.60. The molecule has 1 amide bonds. The second-order valence-electron chi connectivity index (χ2n) is 6.00. The van der Waals surface area contributed by atoms with E-state index >= 15 is 0 Å². The molecule has 4 heteroatoms. The monoisotopic (exact) mass is 327 g/mol. The molecule has 1 fully saturated rings. The summed E-state index contributed by atoms with van der Waals surface area (Å²) >= 11 is 5.95. The van der Waals surface area contributed by atoms with Crippen LogP contribution in [0.2, 0.25) is 5.02 Å². The quantitative estimate of drug-likeness (QED) is 0.834. The molecule has 0 bridgehead atoms. The van der Waals surface area contributed by atoms with Gasteiger partial charge in [-0.3, -0.25) is 9.59 Å². The van der Waals surface area contributed by atoms with E-state index in [2.05, 4.69) is 5.32 Å². The molecule has 0 aromatic heterocycles. The molecule has 3 nitrogen and oxygen atoms in total. The molecule has 1 N–H and O–H groups in total. The van der Waals surface area contributed by atoms with Crippen LogP contribution in [-0.4, -0.2) is 11.7 Å². The molecule has 1 aliphatic rings. The zero-order valence-electron chi connectivity index (χ0n) is 12.9. The Hall–Kier alpha value is -2.13. The summed E-state index contributed by atoms with van der Waals surface area (Å²) in [6, 6.07) is 14.6. The molecule has 0 heterocycles. The number of rotatable bonds is 4. The molecule has 0 spiro atoms. The molecule has 118 valence electrons. The van der Waals surface area contributed by atoms with Crippen molar-refractivity contribution in [3.63, 3.8) is 0 Å². The van der Waals surface area contributed by atoms with Crippen LogP contribution in [0.25, 0.3) is 0 Å². The third-order valence-electron chi connectivity index (χ3n) is 4.59. The van der Waals surface area contributed by atoms with Gasteiger partial charge in [-0.1, -0.05) is 42.3 Å². The minimum atomic E-state index is -0.519. The Kier molecular flexibility index (Phi) is 4.22. The standard InChI is InChI=1S/C19H18ClNO2/c1-13(22)16-5-2-3-6-17(16)21-18(23)19(11-4-12-19)14-7-9-15(20)10-8-14/h2-3,5-10H,4,11-12H2,1H3,(H,21,23). The summed E-state index contributed by atoms with van der Waals surface area (Å²) in [6.07, 6.45) is 2.63. The number of hydrogen-bond donors (Lipinski definition) is 1. The Morgan fingerprint density at radius 1 is 1.04 bits per heavy atom. The molecule has 3 rings (SSSR count). The van der Waals surface area contributed by atoms with Gasteiger partial charge in [-0.05, 0) is 49.6 Å². The third kappa shape index (κ3) is 2.89. The summed E-state index contributed by atoms with van der Waals surface area (Å²) in [4.78, 5) is 24.6. The largest absolute Gasteiger partial charge is 0.325 e. The van der Waals surface area contributed by atoms with E-state index in [4.69, 9.17) is 11.6 Å². The fourth-order valence-electron chi connectivity index (χ4n) is 3.09. The molecule has 23 heavy (non-hydrogen) atoms. The summed E-state index contributed by atoms with van der Waals surface area (Å²) in [7, 11) is 0. The van der Waals surface area contributed by atoms with Gasteiger partial charge < -0.3 is 5.32 Å². The fraction of sp³-hybridized carbons (Fsp3) is 0.263. The zero-order chi connectivity index (χ0) is 16.4. The number of halogens is 1. The lowest BCUT2D eigenvalue weighted by Crippen LogP contribution is -2.46. The van der Waals surface area contributed by atoms with Crippen molar-refractivity contribution in [2.24, 2.45) is 0 Å². The Morgan fingerprint density at radius 2 is 1.70 bits per heavy atom. The second kappa shape index (κ2) is 6.17. The van der Waals surface area contributed by atoms with Gasteiger partial charge in [-0.25, -0.2) is 0 Å². The molecule has 2 aromatic rings. The molecule has 2 aromatic carbocycles. The molecular formula is C19H18ClNO2. The van der Waals surface area contributed by atoms with Crippen LogP contribution in [0, 0.1) is 0 Å². The Morgan fingerprint density at radius 3 is 2.26 bits per heavy atom. The van der Waals surface area contributed by atoms with Crippen molar-refractivity contribution in [2.75, 3.05) is 5.32 Å². The van der Waals surface area contributed by atoms with Crippen LogP contribution in [0.3, 0.4) is 0 Å². The Balaban J connectivity index is 1.90. The highest BCUT2D eigenvalue weighted by Crippen LogP contribution is 2.45. The van der Waals surface area contributed by atoms with Crippen molar-refractivity contribution in [2.45, 2.75) is 31.6 Å². The molecule has 0 unspecified atom stereocenters. The molecule has 0 radical (unpaired) electrons. The van der Waals surface area contributed by atoms with Crippen LogP contribution >= 0.6 is 11.6 Å². The maximum absolute atomic E-state index is 12.9. The average Bonchev–Trinajstić information content (AvgIpc) is 2.48. The normalized spacial score (nSPS) is 15.6. The lowest BCUT2D eigenvalue weighted by molar-refractivity contribution is -0.124. The number of Topliss-reactive ketones (excluding diaryl/α,β-unsaturated/α-hetero) is 1. The van der Waals surface area contributed by atoms with Crippen LogP contribution < -0.4 is 5.32 Å². The van der Waals surface area contributed by atoms with Crippen molar-refractivity contribution in [1.82, 2.24) is 0 Å². The van der Waals surface area contributed by atoms with Crippen LogP contribution in [0.4, 0.5) is 5.69 Å². The molecule has 1 aliphatic carbocycles. The van der Waals surface area contributed by atoms with Crippen LogP contribution in [-0.2, 0) is 10.2 Å². The van der Waals surface area contributed by atoms with E-state index in [1.807, 2.05) is 30.3 Å². The van der Waals surface area contributed by atoms with Crippen molar-refractivity contribution >= 4 is 29.0 Å². The topological polar surface area (TPSA) is 46.2 Å². The fourth-order valence-corrected chi connectivity index (χ4v) is 3.21. The molecule has 0 saturated heterocycles. The first-order chi connectivity index (χ1) is 11.0. The minimum Gasteiger partial charge on any atom is -0.325 e. The number of amides is 1. The van der Waals surface area contributed by atoms with Gasteiger partial charge in [0.2, 0.25) is 5.91 Å². The van der Waals surface area contributed by atoms with Gasteiger partial charge in [0.25, 0.3) is 0 Å². The van der Waals surface area contributed by atoms with Crippen LogP contribution in [0.1, 0.15) is 42.1 Å². The zero-order valence-corrected chi connectivity index (χ0v) is 13.7. The highest BCUT2D eigenvalue weighted by atomic mass is 35.5. The van der Waals surface area contributed by atoms with Crippen molar-refractivity contribution in [1.29, 1.82) is 0 Å². The highest BCUT2D eigenvalue weighted by molar-refractivity contribution is 6.30. The predicted molar refractivity (Wildman–Crippen MR) is 92.1 cm³/mol. The van der Waals surface area contributed by atoms with Gasteiger partial charge in [-0.15, -0.1) is 0 Å². The van der Waals surface area contributed by atoms with Gasteiger partial charge in [0.05, 0.1) is 11.1 Å². The summed E-state index contributed by atoms with van der Waals surface area (Å²) in [5.41, 5.74) is 1.57. The van der Waals surface area contributed by atoms with E-state index in [0.29, 0.717) is 16.3 Å². The first-order valence-electron chi connectivity index (χ1n) is 7.70. The SMILES string of the molecule is CC(=O)c1ccccc1NC(=O)C1(c2ccc(Cl)cc2)CCC1. The molecule has 0 atom stereocenters. The van der Waals surface area contributed by atoms with Gasteiger partial charge >= 0.3 is 0 Å². The smallest absolute Gasteiger partial charge is 0.235 e. The van der Waals surface area contributed by atoms with E-state index in [1.165, 1.54) is 6.92 Å². The second-order valence-corrected chi connectivity index (χ2v) is 6.43. The maximum atomic E-state index is 12.9. The number of benzene rings is 2. The number of carbonyl (C=O) groups is 2. The van der Waals surface area contributed by atoms with E-state index in [1.54, 1.807) is 18.2 Å². The van der Waals surface area contributed by atoms with Gasteiger partial charge in [-0.2, -0.15) is 0 Å². The lowest BCUT2D eigenvalue weighted by Gasteiger charge is -2.40. The maximum Gasteiger partial charge on any atom is 0.235 e. The molecular weight excluding hydrogens is 310 g/mol. The number of anilines is 1. The van der Waals surface area contributed by atoms with Crippen molar-refractivity contribution in [3.05, 3.63) is 64.7 Å². The molecule has 0 aliphatic heterocycles. The van der Waals surface area contributed by atoms with E-state index in [9.17, 15) is 9.59 Å². The minimum absolute atomic E-state index is 0.0558. The number of para-hydroxylation sites is 1. The number of carbonyl (C=O) groups excluding carboxylic acids is 2. The van der Waals surface area contributed by atoms with Crippen molar-refractivity contribution in [3.8, 4) is 0 Å². The van der Waals surface area contributed by atoms with Gasteiger partial charge in [0, 0.05) is 10.6 Å². The van der Waals surface area contributed by atoms with Gasteiger partial charge in [0.1, 0.15) is 0 Å². The van der Waals surface area contributed by atoms with Crippen molar-refractivity contribution < 1.29 is 9.59 Å². The average molecular weight is 328 g/mol. The van der Waals surface area contributed by atoms with Crippen LogP contribution in [0.15, 0.2) is 48.5 Å². The van der Waals surface area contributed by atoms with Gasteiger partial charge in [0.15, 0.2) is 5.78 Å². The van der Waals surface area contributed by atoms with E-state index < -0.39 is 5.41 Å². The van der Waals surface area contributed by atoms with E-state index in [0.717, 1.165) is 24.8 Å². The summed E-state index contributed by atoms with van der Waals surface area (Å²) < 4.78 is 0. The molecule has 1 saturated carbocycles. The lowest BCUT2D eigenvalue weighted by atomic mass is 9.63. The number of nitrogens with one attached hydrogen (secondary N) is 1. The van der Waals surface area contributed by atoms with Crippen LogP contribution in [0.5, 0.6) is 0 Å². The highest BCUT2D eigenvalue weighted by Gasteiger charge is 2.45. The summed E-state index contributed by atoms with van der Waals surface area (Å²) in [5, 5.41) is 3.61. The first kappa shape index (κ1) is 15.8. The third-order valence-corrected chi connectivity index (χ3v) is 4.85. The summed E-state index contributed by atoms with van der Waals surface area (Å²) in [5.74, 6) is -0.116. The number of hydrogen-bond acceptors (Lipinski definition) is 2.